The highest BCUT2D eigenvalue weighted by Crippen LogP contribution is 2.25. The summed E-state index contributed by atoms with van der Waals surface area (Å²) >= 11 is 21.3. The van der Waals surface area contributed by atoms with Crippen molar-refractivity contribution < 1.29 is 0 Å². The van der Waals surface area contributed by atoms with Crippen LogP contribution in [0.3, 0.4) is 0 Å². The predicted molar refractivity (Wildman–Crippen MR) is 131 cm³/mol. The largest absolute Gasteiger partial charge is 0.346 e. The molecule has 1 aromatic carbocycles. The number of aryl methyl sites for hydroxylation is 2. The fourth-order valence-electron chi connectivity index (χ4n) is 3.05. The summed E-state index contributed by atoms with van der Waals surface area (Å²) in [6.45, 7) is 8.04. The Balaban J connectivity index is 1.72. The molecule has 0 atom stereocenters. The molecule has 0 saturated heterocycles. The highest BCUT2D eigenvalue weighted by molar-refractivity contribution is 9.10. The van der Waals surface area contributed by atoms with Gasteiger partial charge in [0.15, 0.2) is 5.11 Å². The number of rotatable bonds is 6. The van der Waals surface area contributed by atoms with Crippen LogP contribution >= 0.6 is 51.3 Å². The number of benzene rings is 1. The van der Waals surface area contributed by atoms with Crippen LogP contribution in [-0.2, 0) is 19.6 Å². The van der Waals surface area contributed by atoms with Crippen LogP contribution in [0.15, 0.2) is 28.9 Å². The number of halogens is 3. The van der Waals surface area contributed by atoms with Gasteiger partial charge in [-0.15, -0.1) is 0 Å². The molecule has 10 heteroatoms. The van der Waals surface area contributed by atoms with Crippen molar-refractivity contribution in [3.63, 3.8) is 0 Å². The van der Waals surface area contributed by atoms with E-state index in [2.05, 4.69) is 38.4 Å². The van der Waals surface area contributed by atoms with Crippen LogP contribution in [0.2, 0.25) is 10.0 Å². The summed E-state index contributed by atoms with van der Waals surface area (Å²) in [6, 6.07) is 5.61. The van der Waals surface area contributed by atoms with Crippen LogP contribution < -0.4 is 5.32 Å². The van der Waals surface area contributed by atoms with Crippen LogP contribution in [0.4, 0.5) is 5.69 Å². The maximum absolute atomic E-state index is 6.14. The molecule has 0 saturated carbocycles. The zero-order chi connectivity index (χ0) is 22.0. The Morgan fingerprint density at radius 1 is 1.23 bits per heavy atom. The van der Waals surface area contributed by atoms with Crippen molar-refractivity contribution >= 4 is 62.1 Å². The van der Waals surface area contributed by atoms with E-state index in [0.717, 1.165) is 39.4 Å². The van der Waals surface area contributed by atoms with E-state index in [9.17, 15) is 0 Å². The first kappa shape index (κ1) is 23.1. The predicted octanol–water partition coefficient (Wildman–Crippen LogP) is 5.66. The molecule has 0 aliphatic rings. The van der Waals surface area contributed by atoms with E-state index in [0.29, 0.717) is 28.2 Å². The molecule has 0 aliphatic heterocycles. The third-order valence-corrected chi connectivity index (χ3v) is 6.59. The van der Waals surface area contributed by atoms with E-state index in [1.54, 1.807) is 6.07 Å². The van der Waals surface area contributed by atoms with E-state index in [1.807, 2.05) is 53.5 Å². The molecule has 0 aliphatic carbocycles. The van der Waals surface area contributed by atoms with Crippen LogP contribution in [-0.4, -0.2) is 36.6 Å². The highest BCUT2D eigenvalue weighted by Gasteiger charge is 2.17. The minimum Gasteiger partial charge on any atom is -0.346 e. The van der Waals surface area contributed by atoms with Gasteiger partial charge in [0, 0.05) is 19.8 Å². The first-order valence-corrected chi connectivity index (χ1v) is 11.4. The number of nitrogens with zero attached hydrogens (tertiary/aromatic N) is 5. The first-order chi connectivity index (χ1) is 14.2. The van der Waals surface area contributed by atoms with Gasteiger partial charge in [-0.3, -0.25) is 9.36 Å². The summed E-state index contributed by atoms with van der Waals surface area (Å²) in [5.74, 6) is 0. The van der Waals surface area contributed by atoms with Crippen LogP contribution in [0.5, 0.6) is 0 Å². The Bertz CT molecular complexity index is 1080. The molecule has 0 spiro atoms. The summed E-state index contributed by atoms with van der Waals surface area (Å²) in [5, 5.41) is 14.2. The second-order valence-corrected chi connectivity index (χ2v) is 9.07. The molecule has 0 radical (unpaired) electrons. The number of aromatic nitrogens is 4. The van der Waals surface area contributed by atoms with Crippen LogP contribution in [0.25, 0.3) is 0 Å². The van der Waals surface area contributed by atoms with E-state index >= 15 is 0 Å². The number of nitrogens with one attached hydrogen (secondary N) is 1. The lowest BCUT2D eigenvalue weighted by atomic mass is 10.2. The van der Waals surface area contributed by atoms with Crippen molar-refractivity contribution in [1.29, 1.82) is 0 Å². The SMILES string of the molecule is CCn1cc(Br)c(CN(C)C(=S)Nc2c(C)nn(Cc3ccc(Cl)c(Cl)c3)c2C)n1. The molecule has 0 unspecified atom stereocenters. The summed E-state index contributed by atoms with van der Waals surface area (Å²) in [6.07, 6.45) is 1.97. The van der Waals surface area contributed by atoms with Gasteiger partial charge in [0.2, 0.25) is 0 Å². The minimum atomic E-state index is 0.536. The fourth-order valence-corrected chi connectivity index (χ4v) is 3.98. The molecular formula is C20H23BrCl2N6S. The Morgan fingerprint density at radius 2 is 1.97 bits per heavy atom. The molecule has 30 heavy (non-hydrogen) atoms. The molecule has 0 fully saturated rings. The average molecular weight is 530 g/mol. The Morgan fingerprint density at radius 3 is 2.60 bits per heavy atom. The third-order valence-electron chi connectivity index (χ3n) is 4.77. The van der Waals surface area contributed by atoms with Gasteiger partial charge in [0.05, 0.1) is 50.4 Å². The van der Waals surface area contributed by atoms with Gasteiger partial charge in [-0.1, -0.05) is 29.3 Å². The van der Waals surface area contributed by atoms with Crippen molar-refractivity contribution in [3.8, 4) is 0 Å². The molecular weight excluding hydrogens is 507 g/mol. The van der Waals surface area contributed by atoms with Gasteiger partial charge in [-0.05, 0) is 66.6 Å². The van der Waals surface area contributed by atoms with Gasteiger partial charge in [0.25, 0.3) is 0 Å². The number of anilines is 1. The zero-order valence-electron chi connectivity index (χ0n) is 17.2. The lowest BCUT2D eigenvalue weighted by Gasteiger charge is -2.20. The third kappa shape index (κ3) is 5.17. The Hall–Kier alpha value is -1.61. The van der Waals surface area contributed by atoms with Gasteiger partial charge in [-0.25, -0.2) is 0 Å². The van der Waals surface area contributed by atoms with Crippen molar-refractivity contribution in [1.82, 2.24) is 24.5 Å². The second-order valence-electron chi connectivity index (χ2n) is 7.02. The summed E-state index contributed by atoms with van der Waals surface area (Å²) in [5.41, 5.74) is 4.74. The van der Waals surface area contributed by atoms with Crippen molar-refractivity contribution in [3.05, 3.63) is 61.6 Å². The molecule has 3 aromatic rings. The van der Waals surface area contributed by atoms with E-state index in [4.69, 9.17) is 35.4 Å². The van der Waals surface area contributed by atoms with Crippen molar-refractivity contribution in [2.24, 2.45) is 0 Å². The lowest BCUT2D eigenvalue weighted by Crippen LogP contribution is -2.31. The fraction of sp³-hybridized carbons (Fsp3) is 0.350. The van der Waals surface area contributed by atoms with E-state index in [1.165, 1.54) is 0 Å². The smallest absolute Gasteiger partial charge is 0.173 e. The number of hydrogen-bond acceptors (Lipinski definition) is 3. The quantitative estimate of drug-likeness (QED) is 0.417. The molecule has 160 valence electrons. The van der Waals surface area contributed by atoms with Gasteiger partial charge < -0.3 is 10.2 Å². The van der Waals surface area contributed by atoms with Gasteiger partial charge >= 0.3 is 0 Å². The molecule has 2 aromatic heterocycles. The second kappa shape index (κ2) is 9.68. The Kier molecular flexibility index (Phi) is 7.44. The van der Waals surface area contributed by atoms with Crippen molar-refractivity contribution in [2.75, 3.05) is 12.4 Å². The lowest BCUT2D eigenvalue weighted by molar-refractivity contribution is 0.491. The summed E-state index contributed by atoms with van der Waals surface area (Å²) in [4.78, 5) is 1.96. The van der Waals surface area contributed by atoms with E-state index < -0.39 is 0 Å². The summed E-state index contributed by atoms with van der Waals surface area (Å²) < 4.78 is 4.80. The number of thiocarbonyl (C=S) groups is 1. The molecule has 1 N–H and O–H groups in total. The monoisotopic (exact) mass is 528 g/mol. The van der Waals surface area contributed by atoms with Crippen LogP contribution in [0.1, 0.15) is 29.6 Å². The molecule has 3 rings (SSSR count). The summed E-state index contributed by atoms with van der Waals surface area (Å²) in [7, 11) is 1.94. The zero-order valence-corrected chi connectivity index (χ0v) is 21.1. The molecule has 6 nitrogen and oxygen atoms in total. The normalized spacial score (nSPS) is 11.0. The maximum Gasteiger partial charge on any atom is 0.173 e. The molecule has 0 bridgehead atoms. The average Bonchev–Trinajstić information content (AvgIpc) is 3.18. The first-order valence-electron chi connectivity index (χ1n) is 9.41. The maximum atomic E-state index is 6.14. The number of hydrogen-bond donors (Lipinski definition) is 1. The van der Waals surface area contributed by atoms with Gasteiger partial charge in [-0.2, -0.15) is 10.2 Å². The van der Waals surface area contributed by atoms with Crippen LogP contribution in [0, 0.1) is 13.8 Å². The Labute approximate surface area is 200 Å². The topological polar surface area (TPSA) is 50.9 Å². The molecule has 2 heterocycles. The van der Waals surface area contributed by atoms with E-state index in [-0.39, 0.29) is 0 Å². The van der Waals surface area contributed by atoms with Crippen molar-refractivity contribution in [2.45, 2.75) is 40.4 Å². The molecule has 0 amide bonds. The standard InChI is InChI=1S/C20H23BrCl2N6S/c1-5-28-10-15(21)18(26-28)11-27(4)20(30)24-19-12(2)25-29(13(19)3)9-14-6-7-16(22)17(23)8-14/h6-8,10H,5,9,11H2,1-4H3,(H,24,30). The minimum absolute atomic E-state index is 0.536. The van der Waals surface area contributed by atoms with Gasteiger partial charge in [0.1, 0.15) is 0 Å². The highest BCUT2D eigenvalue weighted by atomic mass is 79.9.